The quantitative estimate of drug-likeness (QED) is 0.636. The minimum absolute atomic E-state index is 0.280. The van der Waals surface area contributed by atoms with Crippen LogP contribution in [-0.2, 0) is 11.4 Å². The largest absolute Gasteiger partial charge is 0.278 e. The molecule has 5 nitrogen and oxygen atoms in total. The Kier molecular flexibility index (Phi) is 4.97. The maximum absolute atomic E-state index is 12.6. The number of carbonyl (C=O) groups is 1. The van der Waals surface area contributed by atoms with Crippen LogP contribution in [0, 0.1) is 6.92 Å². The Morgan fingerprint density at radius 1 is 1.26 bits per heavy atom. The van der Waals surface area contributed by atoms with Crippen molar-refractivity contribution in [2.45, 2.75) is 32.3 Å². The molecule has 1 heterocycles. The topological polar surface area (TPSA) is 56.2 Å². The van der Waals surface area contributed by atoms with Crippen molar-refractivity contribution < 1.29 is 9.63 Å². The molecule has 6 heteroatoms. The molecule has 138 valence electrons. The lowest BCUT2D eigenvalue weighted by atomic mass is 10.1. The van der Waals surface area contributed by atoms with Gasteiger partial charge in [0.15, 0.2) is 0 Å². The van der Waals surface area contributed by atoms with Gasteiger partial charge < -0.3 is 0 Å². The smallest absolute Gasteiger partial charge is 0.269 e. The van der Waals surface area contributed by atoms with Crippen LogP contribution in [0.3, 0.4) is 0 Å². The lowest BCUT2D eigenvalue weighted by Gasteiger charge is -2.10. The van der Waals surface area contributed by atoms with E-state index in [0.717, 1.165) is 35.3 Å². The van der Waals surface area contributed by atoms with E-state index in [1.165, 1.54) is 0 Å². The van der Waals surface area contributed by atoms with Crippen LogP contribution < -0.4 is 5.48 Å². The maximum Gasteiger partial charge on any atom is 0.278 e. The van der Waals surface area contributed by atoms with Crippen molar-refractivity contribution in [2.24, 2.45) is 0 Å². The van der Waals surface area contributed by atoms with E-state index in [2.05, 4.69) is 10.6 Å². The minimum Gasteiger partial charge on any atom is -0.269 e. The first kappa shape index (κ1) is 17.8. The Morgan fingerprint density at radius 3 is 2.74 bits per heavy atom. The first-order valence-electron chi connectivity index (χ1n) is 8.94. The van der Waals surface area contributed by atoms with E-state index in [9.17, 15) is 4.79 Å². The fourth-order valence-corrected chi connectivity index (χ4v) is 3.19. The molecule has 0 spiro atoms. The van der Waals surface area contributed by atoms with Gasteiger partial charge in [0.1, 0.15) is 0 Å². The number of benzene rings is 2. The average molecular weight is 382 g/mol. The molecule has 0 unspecified atom stereocenters. The summed E-state index contributed by atoms with van der Waals surface area (Å²) in [6.45, 7) is 2.27. The zero-order valence-corrected chi connectivity index (χ0v) is 15.7. The third-order valence-corrected chi connectivity index (χ3v) is 5.07. The summed E-state index contributed by atoms with van der Waals surface area (Å²) in [6, 6.07) is 15.5. The second-order valence-corrected chi connectivity index (χ2v) is 7.18. The van der Waals surface area contributed by atoms with Crippen LogP contribution in [0.4, 0.5) is 0 Å². The van der Waals surface area contributed by atoms with Crippen LogP contribution in [0.15, 0.2) is 54.7 Å². The van der Waals surface area contributed by atoms with E-state index < -0.39 is 0 Å². The van der Waals surface area contributed by atoms with Crippen LogP contribution in [0.25, 0.3) is 5.69 Å². The van der Waals surface area contributed by atoms with E-state index in [4.69, 9.17) is 16.4 Å². The third kappa shape index (κ3) is 3.89. The number of carbonyl (C=O) groups excluding carboxylic acids is 1. The molecule has 0 aliphatic heterocycles. The molecule has 1 aliphatic carbocycles. The molecule has 1 N–H and O–H groups in total. The average Bonchev–Trinajstić information content (AvgIpc) is 3.42. The summed E-state index contributed by atoms with van der Waals surface area (Å²) in [5.41, 5.74) is 6.85. The van der Waals surface area contributed by atoms with Crippen LogP contribution in [0.5, 0.6) is 0 Å². The van der Waals surface area contributed by atoms with Gasteiger partial charge in [-0.25, -0.2) is 10.2 Å². The molecule has 0 atom stereocenters. The standard InChI is InChI=1S/C21H20ClN3O2/c1-14-7-10-17(11-19(14)22)25-20(16-8-9-16)18(12-23-25)21(26)24-27-13-15-5-3-2-4-6-15/h2-7,10-12,16H,8-9,13H2,1H3,(H,24,26). The van der Waals surface area contributed by atoms with Crippen molar-refractivity contribution in [1.29, 1.82) is 0 Å². The monoisotopic (exact) mass is 381 g/mol. The van der Waals surface area contributed by atoms with Gasteiger partial charge in [-0.15, -0.1) is 0 Å². The highest BCUT2D eigenvalue weighted by Crippen LogP contribution is 2.42. The molecule has 2 aromatic carbocycles. The zero-order valence-electron chi connectivity index (χ0n) is 15.0. The summed E-state index contributed by atoms with van der Waals surface area (Å²) in [5, 5.41) is 5.13. The Labute approximate surface area is 162 Å². The molecule has 1 saturated carbocycles. The first-order valence-corrected chi connectivity index (χ1v) is 9.32. The van der Waals surface area contributed by atoms with Gasteiger partial charge in [0.05, 0.1) is 29.7 Å². The zero-order chi connectivity index (χ0) is 18.8. The number of hydrogen-bond acceptors (Lipinski definition) is 3. The second-order valence-electron chi connectivity index (χ2n) is 6.77. The lowest BCUT2D eigenvalue weighted by molar-refractivity contribution is 0.0232. The van der Waals surface area contributed by atoms with Gasteiger partial charge in [0, 0.05) is 10.9 Å². The molecule has 1 fully saturated rings. The molecule has 0 bridgehead atoms. The Balaban J connectivity index is 1.53. The summed E-state index contributed by atoms with van der Waals surface area (Å²) in [7, 11) is 0. The van der Waals surface area contributed by atoms with E-state index in [0.29, 0.717) is 23.1 Å². The van der Waals surface area contributed by atoms with E-state index in [1.54, 1.807) is 6.20 Å². The highest BCUT2D eigenvalue weighted by Gasteiger charge is 2.33. The predicted molar refractivity (Wildman–Crippen MR) is 104 cm³/mol. The van der Waals surface area contributed by atoms with Gasteiger partial charge >= 0.3 is 0 Å². The van der Waals surface area contributed by atoms with Crippen molar-refractivity contribution in [2.75, 3.05) is 0 Å². The Morgan fingerprint density at radius 2 is 2.04 bits per heavy atom. The highest BCUT2D eigenvalue weighted by molar-refractivity contribution is 6.31. The molecule has 4 rings (SSSR count). The summed E-state index contributed by atoms with van der Waals surface area (Å²) in [4.78, 5) is 18.0. The summed E-state index contributed by atoms with van der Waals surface area (Å²) >= 11 is 6.27. The van der Waals surface area contributed by atoms with Gasteiger partial charge in [0.25, 0.3) is 5.91 Å². The summed E-state index contributed by atoms with van der Waals surface area (Å²) in [6.07, 6.45) is 3.70. The van der Waals surface area contributed by atoms with Crippen LogP contribution in [0.2, 0.25) is 5.02 Å². The highest BCUT2D eigenvalue weighted by atomic mass is 35.5. The van der Waals surface area contributed by atoms with E-state index >= 15 is 0 Å². The number of aryl methyl sites for hydroxylation is 1. The first-order chi connectivity index (χ1) is 13.1. The molecular weight excluding hydrogens is 362 g/mol. The number of nitrogens with zero attached hydrogens (tertiary/aromatic N) is 2. The number of nitrogens with one attached hydrogen (secondary N) is 1. The van der Waals surface area contributed by atoms with Gasteiger partial charge in [-0.3, -0.25) is 9.63 Å². The Hall–Kier alpha value is -2.63. The van der Waals surface area contributed by atoms with Crippen molar-refractivity contribution in [3.63, 3.8) is 0 Å². The van der Waals surface area contributed by atoms with Crippen LogP contribution in [-0.4, -0.2) is 15.7 Å². The molecule has 1 aliphatic rings. The van der Waals surface area contributed by atoms with Gasteiger partial charge in [-0.2, -0.15) is 5.10 Å². The second kappa shape index (κ2) is 7.55. The van der Waals surface area contributed by atoms with Crippen LogP contribution in [0.1, 0.15) is 45.9 Å². The molecular formula is C21H20ClN3O2. The fraction of sp³-hybridized carbons (Fsp3) is 0.238. The maximum atomic E-state index is 12.6. The van der Waals surface area contributed by atoms with Gasteiger partial charge in [0.2, 0.25) is 0 Å². The predicted octanol–water partition coefficient (Wildman–Crippen LogP) is 4.57. The number of rotatable bonds is 6. The number of aromatic nitrogens is 2. The van der Waals surface area contributed by atoms with Gasteiger partial charge in [-0.1, -0.05) is 48.0 Å². The molecule has 0 saturated heterocycles. The number of amides is 1. The molecule has 0 radical (unpaired) electrons. The van der Waals surface area contributed by atoms with Gasteiger partial charge in [-0.05, 0) is 43.0 Å². The van der Waals surface area contributed by atoms with E-state index in [-0.39, 0.29) is 5.91 Å². The minimum atomic E-state index is -0.280. The Bertz CT molecular complexity index is 965. The molecule has 1 amide bonds. The number of halogens is 1. The van der Waals surface area contributed by atoms with E-state index in [1.807, 2.05) is 60.1 Å². The van der Waals surface area contributed by atoms with Crippen LogP contribution >= 0.6 is 11.6 Å². The molecule has 3 aromatic rings. The van der Waals surface area contributed by atoms with Crippen molar-refractivity contribution >= 4 is 17.5 Å². The number of hydrogen-bond donors (Lipinski definition) is 1. The van der Waals surface area contributed by atoms with Crippen molar-refractivity contribution in [1.82, 2.24) is 15.3 Å². The summed E-state index contributed by atoms with van der Waals surface area (Å²) < 4.78 is 1.81. The van der Waals surface area contributed by atoms with Crippen molar-refractivity contribution in [3.8, 4) is 5.69 Å². The fourth-order valence-electron chi connectivity index (χ4n) is 3.02. The molecule has 27 heavy (non-hydrogen) atoms. The third-order valence-electron chi connectivity index (χ3n) is 4.66. The van der Waals surface area contributed by atoms with Crippen molar-refractivity contribution in [3.05, 3.63) is 82.1 Å². The lowest BCUT2D eigenvalue weighted by Crippen LogP contribution is -2.24. The summed E-state index contributed by atoms with van der Waals surface area (Å²) in [5.74, 6) is 0.0553. The number of hydroxylamine groups is 1. The molecule has 1 aromatic heterocycles. The SMILES string of the molecule is Cc1ccc(-n2ncc(C(=O)NOCc3ccccc3)c2C2CC2)cc1Cl. The normalized spacial score (nSPS) is 13.6.